The quantitative estimate of drug-likeness (QED) is 0.802. The van der Waals surface area contributed by atoms with E-state index in [9.17, 15) is 23.2 Å². The molecule has 1 heterocycles. The van der Waals surface area contributed by atoms with Crippen LogP contribution in [0.1, 0.15) is 29.3 Å². The van der Waals surface area contributed by atoms with Crippen LogP contribution in [-0.4, -0.2) is 49.6 Å². The second-order valence-corrected chi connectivity index (χ2v) is 5.63. The molecule has 7 heteroatoms. The Morgan fingerprint density at radius 2 is 2.00 bits per heavy atom. The highest BCUT2D eigenvalue weighted by Crippen LogP contribution is 2.24. The molecule has 0 bridgehead atoms. The predicted molar refractivity (Wildman–Crippen MR) is 80.5 cm³/mol. The molecule has 4 nitrogen and oxygen atoms in total. The minimum absolute atomic E-state index is 0.107. The summed E-state index contributed by atoms with van der Waals surface area (Å²) in [5, 5.41) is 9.23. The van der Waals surface area contributed by atoms with E-state index in [1.165, 1.54) is 11.8 Å². The molecular formula is C16H18F3N3O. The molecule has 0 aromatic heterocycles. The van der Waals surface area contributed by atoms with Gasteiger partial charge in [-0.25, -0.2) is 0 Å². The number of anilines is 1. The largest absolute Gasteiger partial charge is 0.401 e. The van der Waals surface area contributed by atoms with Crippen LogP contribution in [-0.2, 0) is 0 Å². The number of halogens is 3. The van der Waals surface area contributed by atoms with Crippen molar-refractivity contribution in [3.63, 3.8) is 0 Å². The van der Waals surface area contributed by atoms with E-state index in [0.717, 1.165) is 0 Å². The Balaban J connectivity index is 2.18. The lowest BCUT2D eigenvalue weighted by molar-refractivity contribution is -0.145. The fourth-order valence-electron chi connectivity index (χ4n) is 2.73. The molecule has 23 heavy (non-hydrogen) atoms. The SMILES string of the molecule is CC(=O)c1ccc(C#N)c(N2CCCN(CC(F)(F)F)CC2)c1. The molecule has 124 valence electrons. The maximum Gasteiger partial charge on any atom is 0.401 e. The number of Topliss-reactive ketones (excluding diaryl/α,β-unsaturated/α-hetero) is 1. The number of rotatable bonds is 3. The number of ketones is 1. The van der Waals surface area contributed by atoms with Gasteiger partial charge in [0.05, 0.1) is 17.8 Å². The first-order chi connectivity index (χ1) is 10.8. The van der Waals surface area contributed by atoms with Crippen LogP contribution < -0.4 is 4.90 Å². The second-order valence-electron chi connectivity index (χ2n) is 5.63. The van der Waals surface area contributed by atoms with E-state index in [1.54, 1.807) is 18.2 Å². The zero-order valence-electron chi connectivity index (χ0n) is 12.9. The minimum Gasteiger partial charge on any atom is -0.369 e. The number of carbonyl (C=O) groups is 1. The average molecular weight is 325 g/mol. The molecule has 0 N–H and O–H groups in total. The molecule has 1 aromatic rings. The highest BCUT2D eigenvalue weighted by atomic mass is 19.4. The number of benzene rings is 1. The van der Waals surface area contributed by atoms with Crippen molar-refractivity contribution < 1.29 is 18.0 Å². The van der Waals surface area contributed by atoms with E-state index < -0.39 is 12.7 Å². The summed E-state index contributed by atoms with van der Waals surface area (Å²) < 4.78 is 37.6. The normalized spacial score (nSPS) is 16.7. The van der Waals surface area contributed by atoms with Gasteiger partial charge in [0.25, 0.3) is 0 Å². The number of nitriles is 1. The van der Waals surface area contributed by atoms with Gasteiger partial charge < -0.3 is 4.90 Å². The van der Waals surface area contributed by atoms with E-state index in [0.29, 0.717) is 42.9 Å². The molecule has 0 radical (unpaired) electrons. The van der Waals surface area contributed by atoms with Crippen LogP contribution in [0.5, 0.6) is 0 Å². The van der Waals surface area contributed by atoms with Gasteiger partial charge in [-0.3, -0.25) is 9.69 Å². The maximum absolute atomic E-state index is 12.5. The Hall–Kier alpha value is -2.07. The van der Waals surface area contributed by atoms with Gasteiger partial charge in [0, 0.05) is 31.7 Å². The predicted octanol–water partition coefficient (Wildman–Crippen LogP) is 2.84. The van der Waals surface area contributed by atoms with Gasteiger partial charge in [-0.15, -0.1) is 0 Å². The summed E-state index contributed by atoms with van der Waals surface area (Å²) in [6.07, 6.45) is -3.63. The molecule has 1 aliphatic heterocycles. The molecule has 0 saturated carbocycles. The molecule has 1 fully saturated rings. The number of carbonyl (C=O) groups excluding carboxylic acids is 1. The van der Waals surface area contributed by atoms with Gasteiger partial charge in [0.2, 0.25) is 0 Å². The van der Waals surface area contributed by atoms with E-state index in [2.05, 4.69) is 6.07 Å². The van der Waals surface area contributed by atoms with Crippen molar-refractivity contribution in [3.8, 4) is 6.07 Å². The Morgan fingerprint density at radius 3 is 2.61 bits per heavy atom. The number of hydrogen-bond donors (Lipinski definition) is 0. The zero-order valence-corrected chi connectivity index (χ0v) is 12.9. The van der Waals surface area contributed by atoms with E-state index in [1.807, 2.05) is 4.90 Å². The Morgan fingerprint density at radius 1 is 1.26 bits per heavy atom. The first-order valence-corrected chi connectivity index (χ1v) is 7.39. The highest BCUT2D eigenvalue weighted by molar-refractivity contribution is 5.95. The van der Waals surface area contributed by atoms with Crippen molar-refractivity contribution in [2.45, 2.75) is 19.5 Å². The lowest BCUT2D eigenvalue weighted by atomic mass is 10.1. The number of alkyl halides is 3. The summed E-state index contributed by atoms with van der Waals surface area (Å²) in [5.41, 5.74) is 1.55. The summed E-state index contributed by atoms with van der Waals surface area (Å²) in [6, 6.07) is 6.92. The van der Waals surface area contributed by atoms with Crippen LogP contribution in [0.3, 0.4) is 0 Å². The molecule has 1 aromatic carbocycles. The number of hydrogen-bond acceptors (Lipinski definition) is 4. The molecule has 1 aliphatic rings. The van der Waals surface area contributed by atoms with Gasteiger partial charge >= 0.3 is 6.18 Å². The van der Waals surface area contributed by atoms with Crippen LogP contribution in [0.4, 0.5) is 18.9 Å². The fraction of sp³-hybridized carbons (Fsp3) is 0.500. The van der Waals surface area contributed by atoms with Crippen LogP contribution >= 0.6 is 0 Å². The minimum atomic E-state index is -4.21. The fourth-order valence-corrected chi connectivity index (χ4v) is 2.73. The van der Waals surface area contributed by atoms with Crippen molar-refractivity contribution in [2.75, 3.05) is 37.6 Å². The summed E-state index contributed by atoms with van der Waals surface area (Å²) in [7, 11) is 0. The molecule has 0 spiro atoms. The van der Waals surface area contributed by atoms with E-state index in [4.69, 9.17) is 0 Å². The molecular weight excluding hydrogens is 307 g/mol. The first-order valence-electron chi connectivity index (χ1n) is 7.39. The van der Waals surface area contributed by atoms with Crippen LogP contribution in [0.15, 0.2) is 18.2 Å². The van der Waals surface area contributed by atoms with E-state index in [-0.39, 0.29) is 12.3 Å². The molecule has 1 saturated heterocycles. The van der Waals surface area contributed by atoms with E-state index >= 15 is 0 Å². The number of nitrogens with zero attached hydrogens (tertiary/aromatic N) is 3. The van der Waals surface area contributed by atoms with Crippen LogP contribution in [0.25, 0.3) is 0 Å². The van der Waals surface area contributed by atoms with Crippen LogP contribution in [0.2, 0.25) is 0 Å². The Bertz CT molecular complexity index is 622. The second kappa shape index (κ2) is 7.01. The highest BCUT2D eigenvalue weighted by Gasteiger charge is 2.31. The standard InChI is InChI=1S/C16H18F3N3O/c1-12(23)13-3-4-14(10-20)15(9-13)22-6-2-5-21(7-8-22)11-16(17,18)19/h3-4,9H,2,5-8,11H2,1H3. The van der Waals surface area contributed by atoms with Gasteiger partial charge in [0.15, 0.2) is 5.78 Å². The van der Waals surface area contributed by atoms with Gasteiger partial charge in [-0.2, -0.15) is 18.4 Å². The van der Waals surface area contributed by atoms with Crippen molar-refractivity contribution >= 4 is 11.5 Å². The van der Waals surface area contributed by atoms with Gasteiger partial charge in [-0.1, -0.05) is 0 Å². The summed E-state index contributed by atoms with van der Waals surface area (Å²) in [4.78, 5) is 14.8. The molecule has 0 aliphatic carbocycles. The lowest BCUT2D eigenvalue weighted by Gasteiger charge is -2.25. The average Bonchev–Trinajstić information content (AvgIpc) is 2.70. The maximum atomic E-state index is 12.5. The van der Waals surface area contributed by atoms with Crippen molar-refractivity contribution in [3.05, 3.63) is 29.3 Å². The van der Waals surface area contributed by atoms with Gasteiger partial charge in [-0.05, 0) is 31.5 Å². The zero-order chi connectivity index (χ0) is 17.0. The first kappa shape index (κ1) is 17.3. The summed E-state index contributed by atoms with van der Waals surface area (Å²) in [6.45, 7) is 2.12. The molecule has 0 atom stereocenters. The third kappa shape index (κ3) is 4.70. The van der Waals surface area contributed by atoms with Crippen LogP contribution in [0, 0.1) is 11.3 Å². The van der Waals surface area contributed by atoms with Gasteiger partial charge in [0.1, 0.15) is 6.07 Å². The lowest BCUT2D eigenvalue weighted by Crippen LogP contribution is -2.37. The summed E-state index contributed by atoms with van der Waals surface area (Å²) in [5.74, 6) is -0.107. The van der Waals surface area contributed by atoms with Crippen molar-refractivity contribution in [1.29, 1.82) is 5.26 Å². The monoisotopic (exact) mass is 325 g/mol. The summed E-state index contributed by atoms with van der Waals surface area (Å²) >= 11 is 0. The Labute approximate surface area is 133 Å². The Kier molecular flexibility index (Phi) is 5.26. The molecule has 0 unspecified atom stereocenters. The third-order valence-electron chi connectivity index (χ3n) is 3.86. The van der Waals surface area contributed by atoms with Crippen molar-refractivity contribution in [2.24, 2.45) is 0 Å². The topological polar surface area (TPSA) is 47.3 Å². The van der Waals surface area contributed by atoms with Crippen molar-refractivity contribution in [1.82, 2.24) is 4.90 Å². The molecule has 2 rings (SSSR count). The third-order valence-corrected chi connectivity index (χ3v) is 3.86. The molecule has 0 amide bonds. The smallest absolute Gasteiger partial charge is 0.369 e.